The Kier molecular flexibility index (Phi) is 5.35. The van der Waals surface area contributed by atoms with Gasteiger partial charge in [-0.15, -0.1) is 0 Å². The molecule has 2 aromatic carbocycles. The average molecular weight is 354 g/mol. The van der Waals surface area contributed by atoms with Crippen molar-refractivity contribution < 1.29 is 14.3 Å². The molecule has 138 valence electrons. The summed E-state index contributed by atoms with van der Waals surface area (Å²) in [4.78, 5) is 12.5. The molecule has 0 unspecified atom stereocenters. The molecule has 2 aromatic rings. The number of amides is 1. The number of anilines is 2. The summed E-state index contributed by atoms with van der Waals surface area (Å²) in [5.41, 5.74) is 4.08. The van der Waals surface area contributed by atoms with Crippen LogP contribution in [0.1, 0.15) is 50.7 Å². The molecule has 0 radical (unpaired) electrons. The van der Waals surface area contributed by atoms with Crippen molar-refractivity contribution in [1.29, 1.82) is 0 Å². The van der Waals surface area contributed by atoms with Gasteiger partial charge in [0.05, 0.1) is 6.54 Å². The maximum atomic E-state index is 12.5. The van der Waals surface area contributed by atoms with Gasteiger partial charge < -0.3 is 20.1 Å². The lowest BCUT2D eigenvalue weighted by molar-refractivity contribution is -0.114. The first-order valence-electron chi connectivity index (χ1n) is 9.02. The van der Waals surface area contributed by atoms with Crippen molar-refractivity contribution >= 4 is 17.3 Å². The van der Waals surface area contributed by atoms with Gasteiger partial charge in [-0.3, -0.25) is 4.79 Å². The van der Waals surface area contributed by atoms with Gasteiger partial charge in [0.1, 0.15) is 0 Å². The SMILES string of the molecule is CC(C)c1cccc(C(C)C)c1NC(=O)CNc1ccc2c(c1)OCO2. The summed E-state index contributed by atoms with van der Waals surface area (Å²) in [6, 6.07) is 11.8. The fourth-order valence-corrected chi connectivity index (χ4v) is 3.07. The second-order valence-electron chi connectivity index (χ2n) is 7.09. The number of rotatable bonds is 6. The van der Waals surface area contributed by atoms with Crippen LogP contribution in [0.2, 0.25) is 0 Å². The Morgan fingerprint density at radius 3 is 2.31 bits per heavy atom. The van der Waals surface area contributed by atoms with Crippen LogP contribution < -0.4 is 20.1 Å². The quantitative estimate of drug-likeness (QED) is 0.788. The topological polar surface area (TPSA) is 59.6 Å². The molecule has 0 aromatic heterocycles. The van der Waals surface area contributed by atoms with E-state index in [0.717, 1.165) is 28.3 Å². The molecule has 1 heterocycles. The van der Waals surface area contributed by atoms with Crippen LogP contribution in [0.3, 0.4) is 0 Å². The van der Waals surface area contributed by atoms with E-state index in [1.165, 1.54) is 0 Å². The van der Waals surface area contributed by atoms with Crippen molar-refractivity contribution in [3.63, 3.8) is 0 Å². The first-order chi connectivity index (χ1) is 12.5. The molecule has 1 aliphatic heterocycles. The minimum absolute atomic E-state index is 0.0716. The minimum Gasteiger partial charge on any atom is -0.454 e. The molecule has 0 saturated carbocycles. The molecule has 3 rings (SSSR count). The zero-order valence-corrected chi connectivity index (χ0v) is 15.8. The number of nitrogens with one attached hydrogen (secondary N) is 2. The highest BCUT2D eigenvalue weighted by Gasteiger charge is 2.17. The maximum absolute atomic E-state index is 12.5. The Morgan fingerprint density at radius 2 is 1.65 bits per heavy atom. The molecule has 2 N–H and O–H groups in total. The predicted molar refractivity (Wildman–Crippen MR) is 104 cm³/mol. The highest BCUT2D eigenvalue weighted by atomic mass is 16.7. The molecule has 1 aliphatic rings. The predicted octanol–water partition coefficient (Wildman–Crippen LogP) is 4.71. The Labute approximate surface area is 154 Å². The molecule has 0 aliphatic carbocycles. The Bertz CT molecular complexity index is 774. The third-order valence-electron chi connectivity index (χ3n) is 4.46. The summed E-state index contributed by atoms with van der Waals surface area (Å²) in [7, 11) is 0. The fourth-order valence-electron chi connectivity index (χ4n) is 3.07. The van der Waals surface area contributed by atoms with E-state index in [0.29, 0.717) is 17.6 Å². The lowest BCUT2D eigenvalue weighted by Gasteiger charge is -2.20. The number of ether oxygens (including phenoxy) is 2. The lowest BCUT2D eigenvalue weighted by atomic mass is 9.92. The van der Waals surface area contributed by atoms with Crippen molar-refractivity contribution in [2.24, 2.45) is 0 Å². The van der Waals surface area contributed by atoms with Crippen LogP contribution in [-0.2, 0) is 4.79 Å². The Hall–Kier alpha value is -2.69. The van der Waals surface area contributed by atoms with Crippen LogP contribution in [0.5, 0.6) is 11.5 Å². The molecule has 0 atom stereocenters. The molecule has 5 heteroatoms. The van der Waals surface area contributed by atoms with Crippen molar-refractivity contribution in [3.8, 4) is 11.5 Å². The van der Waals surface area contributed by atoms with E-state index in [2.05, 4.69) is 56.5 Å². The zero-order chi connectivity index (χ0) is 18.7. The van der Waals surface area contributed by atoms with Crippen molar-refractivity contribution in [2.75, 3.05) is 24.0 Å². The van der Waals surface area contributed by atoms with Crippen LogP contribution in [0.4, 0.5) is 11.4 Å². The van der Waals surface area contributed by atoms with E-state index >= 15 is 0 Å². The van der Waals surface area contributed by atoms with E-state index in [1.807, 2.05) is 18.2 Å². The van der Waals surface area contributed by atoms with Crippen LogP contribution in [-0.4, -0.2) is 19.2 Å². The molecule has 0 bridgehead atoms. The van der Waals surface area contributed by atoms with Crippen LogP contribution in [0.15, 0.2) is 36.4 Å². The summed E-state index contributed by atoms with van der Waals surface area (Å²) in [6.07, 6.45) is 0. The Morgan fingerprint density at radius 1 is 1.00 bits per heavy atom. The monoisotopic (exact) mass is 354 g/mol. The summed E-state index contributed by atoms with van der Waals surface area (Å²) >= 11 is 0. The van der Waals surface area contributed by atoms with E-state index in [1.54, 1.807) is 0 Å². The highest BCUT2D eigenvalue weighted by molar-refractivity contribution is 5.95. The first kappa shape index (κ1) is 18.1. The van der Waals surface area contributed by atoms with Gasteiger partial charge in [0.2, 0.25) is 12.7 Å². The van der Waals surface area contributed by atoms with E-state index in [9.17, 15) is 4.79 Å². The number of hydrogen-bond donors (Lipinski definition) is 2. The van der Waals surface area contributed by atoms with Crippen LogP contribution >= 0.6 is 0 Å². The molecule has 0 spiro atoms. The molecule has 26 heavy (non-hydrogen) atoms. The first-order valence-corrected chi connectivity index (χ1v) is 9.02. The second-order valence-corrected chi connectivity index (χ2v) is 7.09. The number of benzene rings is 2. The molecule has 0 saturated heterocycles. The molecule has 0 fully saturated rings. The van der Waals surface area contributed by atoms with Gasteiger partial charge in [-0.1, -0.05) is 45.9 Å². The minimum atomic E-state index is -0.0716. The largest absolute Gasteiger partial charge is 0.454 e. The third-order valence-corrected chi connectivity index (χ3v) is 4.46. The van der Waals surface area contributed by atoms with Gasteiger partial charge in [0, 0.05) is 17.4 Å². The van der Waals surface area contributed by atoms with Crippen LogP contribution in [0, 0.1) is 0 Å². The summed E-state index contributed by atoms with van der Waals surface area (Å²) < 4.78 is 10.7. The average Bonchev–Trinajstić information content (AvgIpc) is 3.07. The number of hydrogen-bond acceptors (Lipinski definition) is 4. The second kappa shape index (κ2) is 7.68. The number of para-hydroxylation sites is 1. The van der Waals surface area contributed by atoms with Crippen molar-refractivity contribution in [3.05, 3.63) is 47.5 Å². The zero-order valence-electron chi connectivity index (χ0n) is 15.8. The fraction of sp³-hybridized carbons (Fsp3) is 0.381. The van der Waals surface area contributed by atoms with Gasteiger partial charge in [-0.05, 0) is 35.1 Å². The van der Waals surface area contributed by atoms with E-state index in [4.69, 9.17) is 9.47 Å². The molecular formula is C21H26N2O3. The molecule has 5 nitrogen and oxygen atoms in total. The van der Waals surface area contributed by atoms with Gasteiger partial charge in [-0.2, -0.15) is 0 Å². The smallest absolute Gasteiger partial charge is 0.243 e. The standard InChI is InChI=1S/C21H26N2O3/c1-13(2)16-6-5-7-17(14(3)4)21(16)23-20(24)11-22-15-8-9-18-19(10-15)26-12-25-18/h5-10,13-14,22H,11-12H2,1-4H3,(H,23,24). The van der Waals surface area contributed by atoms with Crippen LogP contribution in [0.25, 0.3) is 0 Å². The highest BCUT2D eigenvalue weighted by Crippen LogP contribution is 2.34. The number of carbonyl (C=O) groups is 1. The number of fused-ring (bicyclic) bond motifs is 1. The van der Waals surface area contributed by atoms with E-state index < -0.39 is 0 Å². The summed E-state index contributed by atoms with van der Waals surface area (Å²) in [5, 5.41) is 6.25. The third kappa shape index (κ3) is 3.93. The summed E-state index contributed by atoms with van der Waals surface area (Å²) in [6.45, 7) is 8.98. The van der Waals surface area contributed by atoms with Gasteiger partial charge in [-0.25, -0.2) is 0 Å². The molecule has 1 amide bonds. The normalized spacial score (nSPS) is 12.5. The Balaban J connectivity index is 1.70. The van der Waals surface area contributed by atoms with Crippen molar-refractivity contribution in [2.45, 2.75) is 39.5 Å². The van der Waals surface area contributed by atoms with Gasteiger partial charge in [0.25, 0.3) is 0 Å². The lowest BCUT2D eigenvalue weighted by Crippen LogP contribution is -2.23. The van der Waals surface area contributed by atoms with Gasteiger partial charge >= 0.3 is 0 Å². The van der Waals surface area contributed by atoms with Gasteiger partial charge in [0.15, 0.2) is 11.5 Å². The number of carbonyl (C=O) groups excluding carboxylic acids is 1. The van der Waals surface area contributed by atoms with E-state index in [-0.39, 0.29) is 19.2 Å². The molecular weight excluding hydrogens is 328 g/mol. The maximum Gasteiger partial charge on any atom is 0.243 e. The van der Waals surface area contributed by atoms with Crippen molar-refractivity contribution in [1.82, 2.24) is 0 Å². The summed E-state index contributed by atoms with van der Waals surface area (Å²) in [5.74, 6) is 2.03.